The van der Waals surface area contributed by atoms with Gasteiger partial charge in [-0.2, -0.15) is 4.58 Å². The lowest BCUT2D eigenvalue weighted by atomic mass is 9.93. The van der Waals surface area contributed by atoms with Crippen LogP contribution < -0.4 is 5.32 Å². The van der Waals surface area contributed by atoms with Gasteiger partial charge >= 0.3 is 11.7 Å². The van der Waals surface area contributed by atoms with Crippen molar-refractivity contribution in [2.24, 2.45) is 16.8 Å². The van der Waals surface area contributed by atoms with E-state index in [9.17, 15) is 9.59 Å². The third-order valence-corrected chi connectivity index (χ3v) is 4.88. The average molecular weight is 348 g/mol. The topological polar surface area (TPSA) is 61.5 Å². The van der Waals surface area contributed by atoms with Gasteiger partial charge in [0.25, 0.3) is 0 Å². The minimum atomic E-state index is -0.432. The molecule has 2 aliphatic carbocycles. The summed E-state index contributed by atoms with van der Waals surface area (Å²) >= 11 is 0. The summed E-state index contributed by atoms with van der Waals surface area (Å²) in [4.78, 5) is 29.7. The summed E-state index contributed by atoms with van der Waals surface area (Å²) in [6.45, 7) is 2.34. The molecule has 5 nitrogen and oxygen atoms in total. The molecular weight excluding hydrogens is 326 g/mol. The summed E-state index contributed by atoms with van der Waals surface area (Å²) in [5, 5.41) is 2.84. The van der Waals surface area contributed by atoms with Crippen molar-refractivity contribution in [2.45, 2.75) is 32.7 Å². The zero-order chi connectivity index (χ0) is 18.1. The second-order valence-corrected chi connectivity index (χ2v) is 6.91. The van der Waals surface area contributed by atoms with Gasteiger partial charge in [0, 0.05) is 12.1 Å². The Kier molecular flexibility index (Phi) is 4.37. The smallest absolute Gasteiger partial charge is 0.325 e. The Hall–Kier alpha value is -2.82. The normalized spacial score (nSPS) is 21.9. The predicted octanol–water partition coefficient (Wildman–Crippen LogP) is 2.58. The van der Waals surface area contributed by atoms with Gasteiger partial charge < -0.3 is 5.32 Å². The number of hydrogen-bond acceptors (Lipinski definition) is 3. The van der Waals surface area contributed by atoms with E-state index in [4.69, 9.17) is 4.99 Å². The van der Waals surface area contributed by atoms with Crippen molar-refractivity contribution in [2.75, 3.05) is 0 Å². The van der Waals surface area contributed by atoms with Crippen molar-refractivity contribution < 1.29 is 14.2 Å². The summed E-state index contributed by atoms with van der Waals surface area (Å²) in [7, 11) is 0. The molecule has 0 bridgehead atoms. The first-order valence-corrected chi connectivity index (χ1v) is 9.16. The Balaban J connectivity index is 1.66. The van der Waals surface area contributed by atoms with E-state index in [0.29, 0.717) is 24.6 Å². The molecule has 1 aliphatic heterocycles. The maximum atomic E-state index is 13.2. The summed E-state index contributed by atoms with van der Waals surface area (Å²) in [5.41, 5.74) is 2.53. The Morgan fingerprint density at radius 1 is 1.23 bits per heavy atom. The van der Waals surface area contributed by atoms with Crippen LogP contribution in [0.4, 0.5) is 0 Å². The number of aliphatic imine (C=N–C) groups is 1. The largest absolute Gasteiger partial charge is 0.326 e. The van der Waals surface area contributed by atoms with Gasteiger partial charge in [-0.1, -0.05) is 37.3 Å². The molecule has 1 aromatic rings. The molecule has 1 fully saturated rings. The molecule has 1 atom stereocenters. The molecule has 1 heterocycles. The highest BCUT2D eigenvalue weighted by Gasteiger charge is 2.45. The van der Waals surface area contributed by atoms with Gasteiger partial charge in [-0.25, -0.2) is 4.79 Å². The number of fused-ring (bicyclic) bond motifs is 1. The van der Waals surface area contributed by atoms with Crippen LogP contribution in [0.1, 0.15) is 31.7 Å². The van der Waals surface area contributed by atoms with Crippen LogP contribution in [0.3, 0.4) is 0 Å². The highest BCUT2D eigenvalue weighted by Crippen LogP contribution is 2.34. The van der Waals surface area contributed by atoms with Gasteiger partial charge in [0.1, 0.15) is 12.5 Å². The molecule has 2 amide bonds. The standard InChI is InChI=1S/C21H21N3O2/c1-2-19(25)22-16-10-11-18-17(12-16)21(26)24(20(23-18)15-8-9-15)13-14-6-4-3-5-7-14/h3-7,10-12,15,17H,2,8-9,13H2,1H3/p+1. The quantitative estimate of drug-likeness (QED) is 0.832. The Morgan fingerprint density at radius 3 is 2.69 bits per heavy atom. The van der Waals surface area contributed by atoms with Gasteiger partial charge in [-0.15, -0.1) is 0 Å². The molecule has 4 rings (SSSR count). The Labute approximate surface area is 152 Å². The van der Waals surface area contributed by atoms with E-state index in [1.165, 1.54) is 0 Å². The molecule has 26 heavy (non-hydrogen) atoms. The van der Waals surface area contributed by atoms with Crippen molar-refractivity contribution in [3.63, 3.8) is 0 Å². The van der Waals surface area contributed by atoms with E-state index in [1.807, 2.05) is 53.1 Å². The van der Waals surface area contributed by atoms with Crippen molar-refractivity contribution in [1.29, 1.82) is 0 Å². The molecule has 0 radical (unpaired) electrons. The highest BCUT2D eigenvalue weighted by atomic mass is 16.2. The van der Waals surface area contributed by atoms with Crippen molar-refractivity contribution in [3.8, 4) is 0 Å². The van der Waals surface area contributed by atoms with Crippen LogP contribution in [0.2, 0.25) is 0 Å². The van der Waals surface area contributed by atoms with Crippen LogP contribution in [0.25, 0.3) is 0 Å². The second-order valence-electron chi connectivity index (χ2n) is 6.91. The lowest BCUT2D eigenvalue weighted by molar-refractivity contribution is -0.469. The summed E-state index contributed by atoms with van der Waals surface area (Å²) in [6, 6.07) is 10.00. The number of nitrogens with one attached hydrogen (secondary N) is 1. The Morgan fingerprint density at radius 2 is 2.00 bits per heavy atom. The van der Waals surface area contributed by atoms with E-state index < -0.39 is 5.92 Å². The van der Waals surface area contributed by atoms with Crippen molar-refractivity contribution in [3.05, 3.63) is 59.8 Å². The minimum Gasteiger partial charge on any atom is -0.326 e. The minimum absolute atomic E-state index is 0.0355. The molecular formula is C21H22N3O2+. The van der Waals surface area contributed by atoms with E-state index in [1.54, 1.807) is 6.92 Å². The molecule has 0 saturated heterocycles. The van der Waals surface area contributed by atoms with Crippen LogP contribution >= 0.6 is 0 Å². The third-order valence-electron chi connectivity index (χ3n) is 4.88. The second kappa shape index (κ2) is 6.83. The number of carbonyl (C=O) groups excluding carboxylic acids is 2. The lowest BCUT2D eigenvalue weighted by Crippen LogP contribution is -2.41. The maximum Gasteiger partial charge on any atom is 0.325 e. The number of amides is 2. The maximum absolute atomic E-state index is 13.2. The molecule has 1 unspecified atom stereocenters. The van der Waals surface area contributed by atoms with Crippen molar-refractivity contribution in [1.82, 2.24) is 5.32 Å². The van der Waals surface area contributed by atoms with Crippen LogP contribution in [0.15, 0.2) is 59.2 Å². The molecule has 1 N–H and O–H groups in total. The molecule has 132 valence electrons. The number of carbonyl (C=O) groups is 2. The summed E-state index contributed by atoms with van der Waals surface area (Å²) in [5.74, 6) is 0.821. The van der Waals surface area contributed by atoms with E-state index in [-0.39, 0.29) is 11.8 Å². The average Bonchev–Trinajstić information content (AvgIpc) is 3.50. The molecule has 0 aromatic heterocycles. The van der Waals surface area contributed by atoms with Gasteiger partial charge in [0.05, 0.1) is 5.92 Å². The third kappa shape index (κ3) is 3.29. The van der Waals surface area contributed by atoms with Crippen LogP contribution in [-0.2, 0) is 16.1 Å². The number of rotatable bonds is 5. The molecule has 1 saturated carbocycles. The molecule has 0 spiro atoms. The fourth-order valence-electron chi connectivity index (χ4n) is 3.29. The van der Waals surface area contributed by atoms with Gasteiger partial charge in [-0.05, 0) is 41.6 Å². The SMILES string of the molecule is CCC(=O)NC1=CC2C(=O)[N+](Cc3ccccc3)=C(C3CC3)N=C2C=C1. The zero-order valence-electron chi connectivity index (χ0n) is 14.8. The van der Waals surface area contributed by atoms with Crippen LogP contribution in [-0.4, -0.2) is 27.9 Å². The lowest BCUT2D eigenvalue weighted by Gasteiger charge is -2.20. The number of hydrogen-bond donors (Lipinski definition) is 1. The first-order chi connectivity index (χ1) is 12.7. The monoisotopic (exact) mass is 348 g/mol. The van der Waals surface area contributed by atoms with E-state index >= 15 is 0 Å². The molecule has 5 heteroatoms. The highest BCUT2D eigenvalue weighted by molar-refractivity contribution is 6.17. The summed E-state index contributed by atoms with van der Waals surface area (Å²) in [6.07, 6.45) is 8.09. The van der Waals surface area contributed by atoms with E-state index in [2.05, 4.69) is 5.32 Å². The van der Waals surface area contributed by atoms with E-state index in [0.717, 1.165) is 30.0 Å². The Bertz CT molecular complexity index is 874. The molecule has 1 aromatic carbocycles. The first-order valence-electron chi connectivity index (χ1n) is 9.16. The van der Waals surface area contributed by atoms with Crippen LogP contribution in [0, 0.1) is 11.8 Å². The van der Waals surface area contributed by atoms with Crippen molar-refractivity contribution >= 4 is 23.4 Å². The van der Waals surface area contributed by atoms with Gasteiger partial charge in [0.2, 0.25) is 5.91 Å². The number of allylic oxidation sites excluding steroid dienone is 2. The summed E-state index contributed by atoms with van der Waals surface area (Å²) < 4.78 is 1.83. The van der Waals surface area contributed by atoms with Gasteiger partial charge in [0.15, 0.2) is 5.71 Å². The first kappa shape index (κ1) is 16.6. The predicted molar refractivity (Wildman–Crippen MR) is 99.7 cm³/mol. The zero-order valence-corrected chi connectivity index (χ0v) is 14.8. The number of amidine groups is 1. The van der Waals surface area contributed by atoms with Crippen LogP contribution in [0.5, 0.6) is 0 Å². The number of benzene rings is 1. The number of nitrogens with zero attached hydrogens (tertiary/aromatic N) is 2. The van der Waals surface area contributed by atoms with Gasteiger partial charge in [-0.3, -0.25) is 4.79 Å². The molecule has 3 aliphatic rings. The fourth-order valence-corrected chi connectivity index (χ4v) is 3.29. The fraction of sp³-hybridized carbons (Fsp3) is 0.333.